The molecule has 23 heavy (non-hydrogen) atoms. The first kappa shape index (κ1) is 16.5. The van der Waals surface area contributed by atoms with Crippen molar-refractivity contribution in [2.45, 2.75) is 13.8 Å². The minimum absolute atomic E-state index is 0.276. The maximum absolute atomic E-state index is 11.7. The van der Waals surface area contributed by atoms with Crippen LogP contribution in [0.3, 0.4) is 0 Å². The fourth-order valence-corrected chi connectivity index (χ4v) is 2.04. The van der Waals surface area contributed by atoms with Crippen molar-refractivity contribution >= 4 is 18.2 Å². The van der Waals surface area contributed by atoms with Gasteiger partial charge in [0, 0.05) is 11.6 Å². The molecule has 0 aliphatic carbocycles. The van der Waals surface area contributed by atoms with Crippen LogP contribution in [0.25, 0.3) is 6.08 Å². The molecule has 1 amide bonds. The van der Waals surface area contributed by atoms with Crippen molar-refractivity contribution < 1.29 is 9.53 Å². The minimum Gasteiger partial charge on any atom is -0.496 e. The summed E-state index contributed by atoms with van der Waals surface area (Å²) in [5.41, 5.74) is 6.51. The van der Waals surface area contributed by atoms with Crippen molar-refractivity contribution in [3.63, 3.8) is 0 Å². The minimum atomic E-state index is -0.276. The summed E-state index contributed by atoms with van der Waals surface area (Å²) in [6.45, 7) is 3.97. The number of rotatable bonds is 5. The molecule has 1 N–H and O–H groups in total. The molecule has 4 heteroatoms. The van der Waals surface area contributed by atoms with Gasteiger partial charge < -0.3 is 4.74 Å². The molecule has 0 atom stereocenters. The molecule has 0 aliphatic heterocycles. The number of hydrogen-bond acceptors (Lipinski definition) is 3. The third-order valence-electron chi connectivity index (χ3n) is 3.43. The Labute approximate surface area is 136 Å². The van der Waals surface area contributed by atoms with Crippen LogP contribution in [0.15, 0.2) is 53.6 Å². The Hall–Kier alpha value is -2.88. The van der Waals surface area contributed by atoms with E-state index in [1.807, 2.05) is 56.3 Å². The average molecular weight is 308 g/mol. The van der Waals surface area contributed by atoms with Crippen LogP contribution in [-0.4, -0.2) is 19.2 Å². The summed E-state index contributed by atoms with van der Waals surface area (Å²) in [5.74, 6) is 0.516. The largest absolute Gasteiger partial charge is 0.496 e. The summed E-state index contributed by atoms with van der Waals surface area (Å²) in [4.78, 5) is 11.7. The maximum atomic E-state index is 11.7. The lowest BCUT2D eigenvalue weighted by Crippen LogP contribution is -2.14. The van der Waals surface area contributed by atoms with E-state index in [2.05, 4.69) is 10.5 Å². The second-order valence-electron chi connectivity index (χ2n) is 5.15. The van der Waals surface area contributed by atoms with Crippen molar-refractivity contribution in [2.24, 2.45) is 5.10 Å². The van der Waals surface area contributed by atoms with Crippen LogP contribution in [0.5, 0.6) is 5.75 Å². The van der Waals surface area contributed by atoms with E-state index in [1.54, 1.807) is 19.4 Å². The number of nitrogens with one attached hydrogen (secondary N) is 1. The molecule has 4 nitrogen and oxygen atoms in total. The number of methoxy groups -OCH3 is 1. The molecule has 0 bridgehead atoms. The molecule has 118 valence electrons. The topological polar surface area (TPSA) is 50.7 Å². The molecule has 0 radical (unpaired) electrons. The molecule has 0 unspecified atom stereocenters. The van der Waals surface area contributed by atoms with Crippen LogP contribution in [0.1, 0.15) is 22.3 Å². The summed E-state index contributed by atoms with van der Waals surface area (Å²) in [6, 6.07) is 13.6. The zero-order valence-electron chi connectivity index (χ0n) is 13.5. The third kappa shape index (κ3) is 4.81. The highest BCUT2D eigenvalue weighted by atomic mass is 16.5. The molecule has 0 aliphatic rings. The number of nitrogens with zero attached hydrogens (tertiary/aromatic N) is 1. The molecule has 0 spiro atoms. The highest BCUT2D eigenvalue weighted by Gasteiger charge is 2.01. The summed E-state index contributed by atoms with van der Waals surface area (Å²) >= 11 is 0. The Morgan fingerprint density at radius 3 is 2.57 bits per heavy atom. The average Bonchev–Trinajstić information content (AvgIpc) is 2.56. The predicted molar refractivity (Wildman–Crippen MR) is 93.7 cm³/mol. The first-order valence-corrected chi connectivity index (χ1v) is 7.31. The van der Waals surface area contributed by atoms with E-state index in [0.29, 0.717) is 0 Å². The van der Waals surface area contributed by atoms with E-state index in [9.17, 15) is 4.79 Å². The molecule has 2 aromatic rings. The van der Waals surface area contributed by atoms with E-state index in [4.69, 9.17) is 4.74 Å². The lowest BCUT2D eigenvalue weighted by atomic mass is 10.1. The summed E-state index contributed by atoms with van der Waals surface area (Å²) in [6.07, 6.45) is 4.82. The van der Waals surface area contributed by atoms with E-state index < -0.39 is 0 Å². The van der Waals surface area contributed by atoms with Crippen molar-refractivity contribution in [2.75, 3.05) is 7.11 Å². The van der Waals surface area contributed by atoms with E-state index in [0.717, 1.165) is 22.4 Å². The molecule has 2 aromatic carbocycles. The zero-order valence-corrected chi connectivity index (χ0v) is 13.5. The number of benzene rings is 2. The highest BCUT2D eigenvalue weighted by Crippen LogP contribution is 2.19. The fourth-order valence-electron chi connectivity index (χ4n) is 2.04. The Kier molecular flexibility index (Phi) is 5.69. The third-order valence-corrected chi connectivity index (χ3v) is 3.43. The summed E-state index contributed by atoms with van der Waals surface area (Å²) < 4.78 is 5.25. The van der Waals surface area contributed by atoms with Gasteiger partial charge in [-0.1, -0.05) is 42.0 Å². The van der Waals surface area contributed by atoms with Crippen LogP contribution < -0.4 is 10.2 Å². The number of hydrogen-bond donors (Lipinski definition) is 1. The van der Waals surface area contributed by atoms with Crippen LogP contribution >= 0.6 is 0 Å². The van der Waals surface area contributed by atoms with Gasteiger partial charge in [0.2, 0.25) is 0 Å². The van der Waals surface area contributed by atoms with Gasteiger partial charge in [0.05, 0.1) is 13.3 Å². The van der Waals surface area contributed by atoms with Crippen molar-refractivity contribution in [1.82, 2.24) is 5.43 Å². The molecule has 0 fully saturated rings. The molecular formula is C19H20N2O2. The van der Waals surface area contributed by atoms with Crippen molar-refractivity contribution in [3.8, 4) is 5.75 Å². The van der Waals surface area contributed by atoms with Crippen LogP contribution in [-0.2, 0) is 4.79 Å². The van der Waals surface area contributed by atoms with Gasteiger partial charge in [0.1, 0.15) is 5.75 Å². The van der Waals surface area contributed by atoms with Crippen LogP contribution in [0.4, 0.5) is 0 Å². The van der Waals surface area contributed by atoms with Gasteiger partial charge in [-0.3, -0.25) is 4.79 Å². The normalized spacial score (nSPS) is 11.1. The molecular weight excluding hydrogens is 288 g/mol. The standard InChI is InChI=1S/C19H20N2O2/c1-14-7-9-16(10-8-14)11-12-19(22)21-20-13-17-5-4-6-18(23-3)15(17)2/h4-13H,1-3H3,(H,21,22)/b12-11+,20-13-. The number of hydrazone groups is 1. The second kappa shape index (κ2) is 7.94. The maximum Gasteiger partial charge on any atom is 0.264 e. The van der Waals surface area contributed by atoms with Gasteiger partial charge in [-0.2, -0.15) is 5.10 Å². The first-order valence-electron chi connectivity index (χ1n) is 7.31. The Morgan fingerprint density at radius 2 is 1.87 bits per heavy atom. The van der Waals surface area contributed by atoms with Gasteiger partial charge in [-0.25, -0.2) is 5.43 Å². The SMILES string of the molecule is COc1cccc(/C=N\NC(=O)/C=C/c2ccc(C)cc2)c1C. The lowest BCUT2D eigenvalue weighted by Gasteiger charge is -2.06. The van der Waals surface area contributed by atoms with Crippen molar-refractivity contribution in [1.29, 1.82) is 0 Å². The molecule has 2 rings (SSSR count). The quantitative estimate of drug-likeness (QED) is 0.522. The Bertz CT molecular complexity index is 732. The van der Waals surface area contributed by atoms with E-state index in [-0.39, 0.29) is 5.91 Å². The van der Waals surface area contributed by atoms with Crippen LogP contribution in [0.2, 0.25) is 0 Å². The summed E-state index contributed by atoms with van der Waals surface area (Å²) in [5, 5.41) is 3.97. The lowest BCUT2D eigenvalue weighted by molar-refractivity contribution is -0.116. The van der Waals surface area contributed by atoms with Gasteiger partial charge in [-0.05, 0) is 37.1 Å². The van der Waals surface area contributed by atoms with E-state index in [1.165, 1.54) is 11.6 Å². The first-order chi connectivity index (χ1) is 11.1. The molecule has 0 saturated carbocycles. The Balaban J connectivity index is 1.95. The van der Waals surface area contributed by atoms with Gasteiger partial charge in [0.25, 0.3) is 5.91 Å². The highest BCUT2D eigenvalue weighted by molar-refractivity contribution is 5.92. The number of amides is 1. The zero-order chi connectivity index (χ0) is 16.7. The van der Waals surface area contributed by atoms with Crippen molar-refractivity contribution in [3.05, 3.63) is 70.8 Å². The summed E-state index contributed by atoms with van der Waals surface area (Å²) in [7, 11) is 1.63. The fraction of sp³-hybridized carbons (Fsp3) is 0.158. The molecule has 0 saturated heterocycles. The number of aryl methyl sites for hydroxylation is 1. The molecule has 0 heterocycles. The molecule has 0 aromatic heterocycles. The number of carbonyl (C=O) groups is 1. The monoisotopic (exact) mass is 308 g/mol. The predicted octanol–water partition coefficient (Wildman–Crippen LogP) is 3.48. The number of ether oxygens (including phenoxy) is 1. The van der Waals surface area contributed by atoms with Gasteiger partial charge in [-0.15, -0.1) is 0 Å². The Morgan fingerprint density at radius 1 is 1.13 bits per heavy atom. The van der Waals surface area contributed by atoms with Gasteiger partial charge in [0.15, 0.2) is 0 Å². The smallest absolute Gasteiger partial charge is 0.264 e. The van der Waals surface area contributed by atoms with Gasteiger partial charge >= 0.3 is 0 Å². The number of carbonyl (C=O) groups excluding carboxylic acids is 1. The van der Waals surface area contributed by atoms with Crippen LogP contribution in [0, 0.1) is 13.8 Å². The van der Waals surface area contributed by atoms with E-state index >= 15 is 0 Å². The second-order valence-corrected chi connectivity index (χ2v) is 5.15.